The first kappa shape index (κ1) is 12.6. The second-order valence-corrected chi connectivity index (χ2v) is 4.44. The summed E-state index contributed by atoms with van der Waals surface area (Å²) in [6, 6.07) is 4.73. The summed E-state index contributed by atoms with van der Waals surface area (Å²) in [4.78, 5) is 14.8. The Morgan fingerprint density at radius 2 is 2.33 bits per heavy atom. The highest BCUT2D eigenvalue weighted by Gasteiger charge is 2.08. The van der Waals surface area contributed by atoms with Gasteiger partial charge in [0.2, 0.25) is 5.89 Å². The van der Waals surface area contributed by atoms with E-state index in [1.165, 1.54) is 12.1 Å². The summed E-state index contributed by atoms with van der Waals surface area (Å²) in [5.41, 5.74) is 0.983. The van der Waals surface area contributed by atoms with Crippen molar-refractivity contribution in [2.75, 3.05) is 5.32 Å². The van der Waals surface area contributed by atoms with E-state index in [-0.39, 0.29) is 5.56 Å². The lowest BCUT2D eigenvalue weighted by molar-refractivity contribution is 0.0697. The van der Waals surface area contributed by atoms with Crippen molar-refractivity contribution in [1.29, 1.82) is 0 Å². The van der Waals surface area contributed by atoms with Gasteiger partial charge in [0, 0.05) is 10.2 Å². The third-order valence-electron chi connectivity index (χ3n) is 2.22. The Hall–Kier alpha value is -1.89. The molecule has 2 rings (SSSR count). The molecular formula is C11H10BrN3O3. The molecule has 18 heavy (non-hydrogen) atoms. The molecule has 1 aromatic carbocycles. The molecule has 0 aliphatic rings. The molecule has 0 fully saturated rings. The van der Waals surface area contributed by atoms with Gasteiger partial charge in [0.25, 0.3) is 0 Å². The minimum Gasteiger partial charge on any atom is -0.478 e. The lowest BCUT2D eigenvalue weighted by Gasteiger charge is -2.06. The number of hydrogen-bond acceptors (Lipinski definition) is 5. The molecule has 1 heterocycles. The van der Waals surface area contributed by atoms with Crippen LogP contribution in [0.25, 0.3) is 0 Å². The summed E-state index contributed by atoms with van der Waals surface area (Å²) in [5.74, 6) is 0.0866. The lowest BCUT2D eigenvalue weighted by Crippen LogP contribution is -2.02. The molecular weight excluding hydrogens is 302 g/mol. The van der Waals surface area contributed by atoms with Crippen LogP contribution >= 0.6 is 15.9 Å². The number of halogens is 1. The minimum absolute atomic E-state index is 0.223. The second kappa shape index (κ2) is 5.18. The van der Waals surface area contributed by atoms with Crippen molar-refractivity contribution < 1.29 is 14.4 Å². The van der Waals surface area contributed by atoms with Crippen molar-refractivity contribution in [1.82, 2.24) is 10.1 Å². The first-order valence-corrected chi connectivity index (χ1v) is 5.91. The molecule has 94 valence electrons. The van der Waals surface area contributed by atoms with Crippen molar-refractivity contribution in [3.05, 3.63) is 40.0 Å². The molecule has 7 heteroatoms. The molecule has 0 spiro atoms. The summed E-state index contributed by atoms with van der Waals surface area (Å²) in [6.07, 6.45) is 0. The molecule has 0 saturated carbocycles. The Kier molecular flexibility index (Phi) is 3.61. The molecule has 6 nitrogen and oxygen atoms in total. The van der Waals surface area contributed by atoms with Gasteiger partial charge in [-0.1, -0.05) is 5.16 Å². The molecule has 0 saturated heterocycles. The number of aryl methyl sites for hydroxylation is 1. The van der Waals surface area contributed by atoms with Gasteiger partial charge >= 0.3 is 5.97 Å². The Morgan fingerprint density at radius 3 is 2.89 bits per heavy atom. The highest BCUT2D eigenvalue weighted by atomic mass is 79.9. The molecule has 0 amide bonds. The summed E-state index contributed by atoms with van der Waals surface area (Å²) in [7, 11) is 0. The van der Waals surface area contributed by atoms with Crippen LogP contribution in [-0.4, -0.2) is 21.2 Å². The van der Waals surface area contributed by atoms with Gasteiger partial charge in [-0.2, -0.15) is 4.98 Å². The van der Waals surface area contributed by atoms with Gasteiger partial charge in [0.15, 0.2) is 5.82 Å². The van der Waals surface area contributed by atoms with E-state index in [0.29, 0.717) is 22.7 Å². The Labute approximate surface area is 111 Å². The van der Waals surface area contributed by atoms with Gasteiger partial charge in [-0.05, 0) is 41.1 Å². The average Bonchev–Trinajstić information content (AvgIpc) is 2.73. The summed E-state index contributed by atoms with van der Waals surface area (Å²) in [5, 5.41) is 15.6. The van der Waals surface area contributed by atoms with Crippen LogP contribution in [-0.2, 0) is 6.54 Å². The number of nitrogens with one attached hydrogen (secondary N) is 1. The number of aromatic nitrogens is 2. The first-order chi connectivity index (χ1) is 8.56. The Balaban J connectivity index is 2.08. The van der Waals surface area contributed by atoms with Gasteiger partial charge in [0.1, 0.15) is 0 Å². The van der Waals surface area contributed by atoms with Gasteiger partial charge in [0.05, 0.1) is 12.1 Å². The minimum atomic E-state index is -0.963. The van der Waals surface area contributed by atoms with Crippen LogP contribution in [0.1, 0.15) is 22.1 Å². The normalized spacial score (nSPS) is 10.3. The van der Waals surface area contributed by atoms with Crippen LogP contribution in [0.3, 0.4) is 0 Å². The molecule has 0 radical (unpaired) electrons. The van der Waals surface area contributed by atoms with Gasteiger partial charge < -0.3 is 14.9 Å². The number of aromatic carboxylic acids is 1. The third-order valence-corrected chi connectivity index (χ3v) is 2.87. The standard InChI is InChI=1S/C11H10BrN3O3/c1-6-14-10(18-15-6)5-13-9-3-2-7(11(16)17)4-8(9)12/h2-4,13H,5H2,1H3,(H,16,17). The van der Waals surface area contributed by atoms with E-state index in [1.807, 2.05) is 0 Å². The number of benzene rings is 1. The smallest absolute Gasteiger partial charge is 0.335 e. The molecule has 0 unspecified atom stereocenters. The summed E-state index contributed by atoms with van der Waals surface area (Å²) >= 11 is 3.30. The van der Waals surface area contributed by atoms with Crippen molar-refractivity contribution in [2.45, 2.75) is 13.5 Å². The summed E-state index contributed by atoms with van der Waals surface area (Å²) in [6.45, 7) is 2.12. The van der Waals surface area contributed by atoms with E-state index in [2.05, 4.69) is 31.4 Å². The van der Waals surface area contributed by atoms with E-state index in [9.17, 15) is 4.79 Å². The van der Waals surface area contributed by atoms with Crippen LogP contribution in [0.4, 0.5) is 5.69 Å². The number of rotatable bonds is 4. The SMILES string of the molecule is Cc1noc(CNc2ccc(C(=O)O)cc2Br)n1. The fourth-order valence-electron chi connectivity index (χ4n) is 1.37. The summed E-state index contributed by atoms with van der Waals surface area (Å²) < 4.78 is 5.62. The number of carboxylic acid groups (broad SMARTS) is 1. The maximum absolute atomic E-state index is 10.8. The third kappa shape index (κ3) is 2.86. The highest BCUT2D eigenvalue weighted by molar-refractivity contribution is 9.10. The zero-order chi connectivity index (χ0) is 13.1. The van der Waals surface area contributed by atoms with Gasteiger partial charge in [-0.25, -0.2) is 4.79 Å². The second-order valence-electron chi connectivity index (χ2n) is 3.59. The average molecular weight is 312 g/mol. The van der Waals surface area contributed by atoms with Gasteiger partial charge in [-0.15, -0.1) is 0 Å². The fraction of sp³-hybridized carbons (Fsp3) is 0.182. The van der Waals surface area contributed by atoms with Crippen molar-refractivity contribution in [3.8, 4) is 0 Å². The largest absolute Gasteiger partial charge is 0.478 e. The Bertz CT molecular complexity index is 583. The molecule has 2 N–H and O–H groups in total. The predicted molar refractivity (Wildman–Crippen MR) is 67.5 cm³/mol. The van der Waals surface area contributed by atoms with E-state index in [4.69, 9.17) is 9.63 Å². The molecule has 0 bridgehead atoms. The van der Waals surface area contributed by atoms with E-state index >= 15 is 0 Å². The monoisotopic (exact) mass is 311 g/mol. The molecule has 0 atom stereocenters. The number of nitrogens with zero attached hydrogens (tertiary/aromatic N) is 2. The maximum atomic E-state index is 10.8. The molecule has 0 aliphatic heterocycles. The quantitative estimate of drug-likeness (QED) is 0.901. The zero-order valence-corrected chi connectivity index (χ0v) is 11.1. The van der Waals surface area contributed by atoms with E-state index in [1.54, 1.807) is 13.0 Å². The number of carbonyl (C=O) groups is 1. The first-order valence-electron chi connectivity index (χ1n) is 5.12. The van der Waals surface area contributed by atoms with E-state index in [0.717, 1.165) is 5.69 Å². The van der Waals surface area contributed by atoms with Crippen LogP contribution in [0, 0.1) is 6.92 Å². The number of carboxylic acids is 1. The van der Waals surface area contributed by atoms with Crippen LogP contribution < -0.4 is 5.32 Å². The molecule has 2 aromatic rings. The lowest BCUT2D eigenvalue weighted by atomic mass is 10.2. The zero-order valence-electron chi connectivity index (χ0n) is 9.48. The number of hydrogen-bond donors (Lipinski definition) is 2. The molecule has 0 aliphatic carbocycles. The van der Waals surface area contributed by atoms with Crippen molar-refractivity contribution in [3.63, 3.8) is 0 Å². The van der Waals surface area contributed by atoms with Crippen molar-refractivity contribution >= 4 is 27.6 Å². The fourth-order valence-corrected chi connectivity index (χ4v) is 1.89. The van der Waals surface area contributed by atoms with Crippen LogP contribution in [0.5, 0.6) is 0 Å². The topological polar surface area (TPSA) is 88.2 Å². The van der Waals surface area contributed by atoms with E-state index < -0.39 is 5.97 Å². The number of anilines is 1. The highest BCUT2D eigenvalue weighted by Crippen LogP contribution is 2.24. The van der Waals surface area contributed by atoms with Crippen LogP contribution in [0.2, 0.25) is 0 Å². The van der Waals surface area contributed by atoms with Gasteiger partial charge in [-0.3, -0.25) is 0 Å². The Morgan fingerprint density at radius 1 is 1.56 bits per heavy atom. The van der Waals surface area contributed by atoms with Crippen LogP contribution in [0.15, 0.2) is 27.2 Å². The molecule has 1 aromatic heterocycles. The maximum Gasteiger partial charge on any atom is 0.335 e. The van der Waals surface area contributed by atoms with Crippen molar-refractivity contribution in [2.24, 2.45) is 0 Å². The predicted octanol–water partition coefficient (Wildman–Crippen LogP) is 2.45.